The summed E-state index contributed by atoms with van der Waals surface area (Å²) in [6, 6.07) is 0.454. The molecule has 3 heteroatoms. The lowest BCUT2D eigenvalue weighted by atomic mass is 9.68. The molecule has 0 aromatic heterocycles. The highest BCUT2D eigenvalue weighted by atomic mass is 16.5. The van der Waals surface area contributed by atoms with Gasteiger partial charge >= 0.3 is 0 Å². The molecule has 0 aromatic carbocycles. The molecule has 2 aliphatic rings. The van der Waals surface area contributed by atoms with Crippen LogP contribution in [-0.2, 0) is 4.74 Å². The van der Waals surface area contributed by atoms with Crippen LogP contribution in [0.4, 0.5) is 0 Å². The van der Waals surface area contributed by atoms with E-state index in [1.165, 1.54) is 38.5 Å². The molecule has 3 nitrogen and oxygen atoms in total. The van der Waals surface area contributed by atoms with Gasteiger partial charge in [0, 0.05) is 18.6 Å². The molecule has 1 aliphatic carbocycles. The van der Waals surface area contributed by atoms with Crippen LogP contribution in [0.3, 0.4) is 0 Å². The largest absolute Gasteiger partial charge is 0.381 e. The minimum absolute atomic E-state index is 0.432. The molecule has 0 radical (unpaired) electrons. The van der Waals surface area contributed by atoms with E-state index in [0.29, 0.717) is 17.4 Å². The Hall–Kier alpha value is -0.120. The molecule has 2 rings (SSSR count). The third kappa shape index (κ3) is 2.83. The molecule has 2 atom stereocenters. The Kier molecular flexibility index (Phi) is 4.45. The smallest absolute Gasteiger partial charge is 0.0510 e. The maximum Gasteiger partial charge on any atom is 0.0510 e. The fraction of sp³-hybridized carbons (Fsp3) is 1.00. The van der Waals surface area contributed by atoms with Gasteiger partial charge in [-0.2, -0.15) is 0 Å². The molecule has 1 heterocycles. The molecule has 0 spiro atoms. The summed E-state index contributed by atoms with van der Waals surface area (Å²) < 4.78 is 5.55. The number of ether oxygens (including phenoxy) is 1. The van der Waals surface area contributed by atoms with Gasteiger partial charge in [-0.15, -0.1) is 0 Å². The van der Waals surface area contributed by atoms with Crippen molar-refractivity contribution in [3.05, 3.63) is 0 Å². The van der Waals surface area contributed by atoms with E-state index in [0.717, 1.165) is 19.1 Å². The van der Waals surface area contributed by atoms with Crippen LogP contribution in [0, 0.1) is 17.3 Å². The number of nitrogens with two attached hydrogens (primary N) is 1. The van der Waals surface area contributed by atoms with Crippen LogP contribution in [-0.4, -0.2) is 19.3 Å². The Morgan fingerprint density at radius 1 is 1.35 bits per heavy atom. The lowest BCUT2D eigenvalue weighted by molar-refractivity contribution is 0.0959. The third-order valence-corrected chi connectivity index (χ3v) is 4.69. The average Bonchev–Trinajstić information content (AvgIpc) is 2.90. The summed E-state index contributed by atoms with van der Waals surface area (Å²) in [7, 11) is 0. The van der Waals surface area contributed by atoms with Crippen molar-refractivity contribution in [2.45, 2.75) is 58.4 Å². The van der Waals surface area contributed by atoms with Crippen LogP contribution in [0.15, 0.2) is 0 Å². The second kappa shape index (κ2) is 5.68. The van der Waals surface area contributed by atoms with Gasteiger partial charge in [-0.1, -0.05) is 26.7 Å². The van der Waals surface area contributed by atoms with Crippen molar-refractivity contribution in [2.24, 2.45) is 23.1 Å². The van der Waals surface area contributed by atoms with Gasteiger partial charge < -0.3 is 4.74 Å². The second-order valence-corrected chi connectivity index (χ2v) is 6.44. The van der Waals surface area contributed by atoms with Crippen LogP contribution in [0.25, 0.3) is 0 Å². The van der Waals surface area contributed by atoms with Gasteiger partial charge in [0.2, 0.25) is 0 Å². The minimum Gasteiger partial charge on any atom is -0.381 e. The molecule has 1 aliphatic heterocycles. The van der Waals surface area contributed by atoms with Crippen LogP contribution in [0.2, 0.25) is 0 Å². The zero-order valence-corrected chi connectivity index (χ0v) is 11.4. The highest BCUT2D eigenvalue weighted by Gasteiger charge is 2.45. The Bertz CT molecular complexity index is 230. The van der Waals surface area contributed by atoms with E-state index in [4.69, 9.17) is 10.6 Å². The Morgan fingerprint density at radius 3 is 2.53 bits per heavy atom. The first kappa shape index (κ1) is 13.3. The maximum absolute atomic E-state index is 5.89. The first-order valence-corrected chi connectivity index (χ1v) is 7.22. The molecule has 0 aromatic rings. The van der Waals surface area contributed by atoms with Crippen molar-refractivity contribution in [3.8, 4) is 0 Å². The number of hydrogen-bond acceptors (Lipinski definition) is 3. The van der Waals surface area contributed by atoms with Crippen molar-refractivity contribution < 1.29 is 4.74 Å². The monoisotopic (exact) mass is 240 g/mol. The van der Waals surface area contributed by atoms with E-state index in [9.17, 15) is 0 Å². The predicted molar refractivity (Wildman–Crippen MR) is 70.4 cm³/mol. The Labute approximate surface area is 105 Å². The number of nitrogens with one attached hydrogen (secondary N) is 1. The zero-order valence-electron chi connectivity index (χ0n) is 11.4. The lowest BCUT2D eigenvalue weighted by Crippen LogP contribution is -2.52. The molecule has 3 N–H and O–H groups in total. The maximum atomic E-state index is 5.89. The fourth-order valence-corrected chi connectivity index (χ4v) is 4.16. The first-order chi connectivity index (χ1) is 8.18. The molecule has 1 saturated heterocycles. The molecule has 100 valence electrons. The van der Waals surface area contributed by atoms with Gasteiger partial charge in [0.25, 0.3) is 0 Å². The van der Waals surface area contributed by atoms with E-state index >= 15 is 0 Å². The van der Waals surface area contributed by atoms with Crippen molar-refractivity contribution in [3.63, 3.8) is 0 Å². The SMILES string of the molecule is CC(C)CC1(C(NN)C2CCOC2)CCCC1. The van der Waals surface area contributed by atoms with Gasteiger partial charge in [0.1, 0.15) is 0 Å². The van der Waals surface area contributed by atoms with Crippen molar-refractivity contribution >= 4 is 0 Å². The van der Waals surface area contributed by atoms with E-state index in [2.05, 4.69) is 19.3 Å². The van der Waals surface area contributed by atoms with Crippen LogP contribution in [0.5, 0.6) is 0 Å². The molecule has 1 saturated carbocycles. The summed E-state index contributed by atoms with van der Waals surface area (Å²) in [5, 5.41) is 0. The van der Waals surface area contributed by atoms with Gasteiger partial charge in [-0.25, -0.2) is 0 Å². The van der Waals surface area contributed by atoms with E-state index in [1.54, 1.807) is 0 Å². The summed E-state index contributed by atoms with van der Waals surface area (Å²) in [6.07, 6.45) is 7.91. The van der Waals surface area contributed by atoms with Crippen LogP contribution < -0.4 is 11.3 Å². The molecule has 0 bridgehead atoms. The number of hydrazine groups is 1. The topological polar surface area (TPSA) is 47.3 Å². The standard InChI is InChI=1S/C14H28N2O/c1-11(2)9-14(6-3-4-7-14)13(16-15)12-5-8-17-10-12/h11-13,16H,3-10,15H2,1-2H3. The van der Waals surface area contributed by atoms with Crippen LogP contribution in [0.1, 0.15) is 52.4 Å². The third-order valence-electron chi connectivity index (χ3n) is 4.69. The lowest BCUT2D eigenvalue weighted by Gasteiger charge is -2.41. The molecule has 2 unspecified atom stereocenters. The Balaban J connectivity index is 2.11. The number of hydrogen-bond donors (Lipinski definition) is 2. The fourth-order valence-electron chi connectivity index (χ4n) is 4.16. The Morgan fingerprint density at radius 2 is 2.06 bits per heavy atom. The molecular formula is C14H28N2O. The van der Waals surface area contributed by atoms with E-state index in [1.807, 2.05) is 0 Å². The summed E-state index contributed by atoms with van der Waals surface area (Å²) in [6.45, 7) is 6.48. The minimum atomic E-state index is 0.432. The van der Waals surface area contributed by atoms with Gasteiger partial charge in [-0.05, 0) is 37.0 Å². The molecule has 2 fully saturated rings. The van der Waals surface area contributed by atoms with Crippen molar-refractivity contribution in [1.29, 1.82) is 0 Å². The predicted octanol–water partition coefficient (Wildman–Crippen LogP) is 2.46. The highest BCUT2D eigenvalue weighted by molar-refractivity contribution is 4.98. The first-order valence-electron chi connectivity index (χ1n) is 7.22. The summed E-state index contributed by atoms with van der Waals surface area (Å²) >= 11 is 0. The van der Waals surface area contributed by atoms with Crippen molar-refractivity contribution in [1.82, 2.24) is 5.43 Å². The summed E-state index contributed by atoms with van der Waals surface area (Å²) in [5.41, 5.74) is 3.58. The normalized spacial score (nSPS) is 30.0. The highest BCUT2D eigenvalue weighted by Crippen LogP contribution is 2.48. The van der Waals surface area contributed by atoms with Crippen LogP contribution >= 0.6 is 0 Å². The van der Waals surface area contributed by atoms with Gasteiger partial charge in [0.15, 0.2) is 0 Å². The second-order valence-electron chi connectivity index (χ2n) is 6.44. The zero-order chi connectivity index (χ0) is 12.3. The number of rotatable bonds is 5. The molecule has 0 amide bonds. The molecule has 17 heavy (non-hydrogen) atoms. The molecular weight excluding hydrogens is 212 g/mol. The van der Waals surface area contributed by atoms with E-state index in [-0.39, 0.29) is 0 Å². The average molecular weight is 240 g/mol. The quantitative estimate of drug-likeness (QED) is 0.573. The summed E-state index contributed by atoms with van der Waals surface area (Å²) in [4.78, 5) is 0. The van der Waals surface area contributed by atoms with Gasteiger partial charge in [0.05, 0.1) is 6.61 Å². The summed E-state index contributed by atoms with van der Waals surface area (Å²) in [5.74, 6) is 7.27. The van der Waals surface area contributed by atoms with Crippen molar-refractivity contribution in [2.75, 3.05) is 13.2 Å². The van der Waals surface area contributed by atoms with E-state index < -0.39 is 0 Å². The van der Waals surface area contributed by atoms with Gasteiger partial charge in [-0.3, -0.25) is 11.3 Å².